The van der Waals surface area contributed by atoms with Crippen LogP contribution in [0.25, 0.3) is 5.82 Å². The van der Waals surface area contributed by atoms with Gasteiger partial charge in [0.2, 0.25) is 0 Å². The molecule has 1 atom stereocenters. The fourth-order valence-electron chi connectivity index (χ4n) is 2.06. The molecular formula is C13H17FN4. The van der Waals surface area contributed by atoms with Crippen molar-refractivity contribution < 1.29 is 4.39 Å². The van der Waals surface area contributed by atoms with Gasteiger partial charge in [-0.25, -0.2) is 14.4 Å². The van der Waals surface area contributed by atoms with Gasteiger partial charge in [-0.1, -0.05) is 20.3 Å². The monoisotopic (exact) mass is 248 g/mol. The van der Waals surface area contributed by atoms with E-state index in [1.807, 2.05) is 0 Å². The molecule has 0 aromatic carbocycles. The van der Waals surface area contributed by atoms with Crippen molar-refractivity contribution in [2.45, 2.75) is 39.0 Å². The van der Waals surface area contributed by atoms with Crippen LogP contribution in [-0.4, -0.2) is 19.7 Å². The Morgan fingerprint density at radius 1 is 1.28 bits per heavy atom. The molecular weight excluding hydrogens is 231 g/mol. The highest BCUT2D eigenvalue weighted by atomic mass is 19.1. The van der Waals surface area contributed by atoms with E-state index in [0.29, 0.717) is 11.7 Å². The zero-order chi connectivity index (χ0) is 13.0. The molecule has 2 heterocycles. The van der Waals surface area contributed by atoms with Crippen molar-refractivity contribution in [3.05, 3.63) is 36.3 Å². The second-order valence-electron chi connectivity index (χ2n) is 4.26. The summed E-state index contributed by atoms with van der Waals surface area (Å²) >= 11 is 0. The largest absolute Gasteiger partial charge is 0.234 e. The molecule has 2 rings (SSSR count). The first-order valence-corrected chi connectivity index (χ1v) is 6.28. The third-order valence-corrected chi connectivity index (χ3v) is 3.00. The quantitative estimate of drug-likeness (QED) is 0.816. The van der Waals surface area contributed by atoms with Gasteiger partial charge in [-0.2, -0.15) is 9.78 Å². The predicted molar refractivity (Wildman–Crippen MR) is 67.1 cm³/mol. The molecule has 1 unspecified atom stereocenters. The molecule has 0 spiro atoms. The molecule has 4 nitrogen and oxygen atoms in total. The lowest BCUT2D eigenvalue weighted by Crippen LogP contribution is -2.10. The van der Waals surface area contributed by atoms with Crippen molar-refractivity contribution in [1.29, 1.82) is 0 Å². The molecule has 0 saturated carbocycles. The van der Waals surface area contributed by atoms with Crippen LogP contribution < -0.4 is 0 Å². The summed E-state index contributed by atoms with van der Waals surface area (Å²) in [5.41, 5.74) is 0. The Kier molecular flexibility index (Phi) is 4.02. The van der Waals surface area contributed by atoms with Crippen molar-refractivity contribution in [2.24, 2.45) is 0 Å². The molecule has 5 heteroatoms. The summed E-state index contributed by atoms with van der Waals surface area (Å²) in [7, 11) is 0. The second kappa shape index (κ2) is 5.71. The summed E-state index contributed by atoms with van der Waals surface area (Å²) in [4.78, 5) is 8.37. The normalized spacial score (nSPS) is 12.6. The van der Waals surface area contributed by atoms with Crippen LogP contribution >= 0.6 is 0 Å². The summed E-state index contributed by atoms with van der Waals surface area (Å²) in [5.74, 6) is 1.53. The van der Waals surface area contributed by atoms with Crippen LogP contribution in [0, 0.1) is 5.82 Å². The summed E-state index contributed by atoms with van der Waals surface area (Å²) in [6.45, 7) is 4.29. The van der Waals surface area contributed by atoms with E-state index in [9.17, 15) is 4.39 Å². The minimum atomic E-state index is -0.346. The zero-order valence-electron chi connectivity index (χ0n) is 10.7. The lowest BCUT2D eigenvalue weighted by atomic mass is 10.00. The zero-order valence-corrected chi connectivity index (χ0v) is 10.7. The van der Waals surface area contributed by atoms with Crippen molar-refractivity contribution in [3.8, 4) is 5.82 Å². The van der Waals surface area contributed by atoms with E-state index < -0.39 is 0 Å². The van der Waals surface area contributed by atoms with Gasteiger partial charge < -0.3 is 0 Å². The van der Waals surface area contributed by atoms with E-state index in [-0.39, 0.29) is 5.82 Å². The molecule has 0 aliphatic rings. The van der Waals surface area contributed by atoms with Crippen molar-refractivity contribution in [2.75, 3.05) is 0 Å². The first kappa shape index (κ1) is 12.7. The molecule has 2 aromatic heterocycles. The number of pyridine rings is 1. The Bertz CT molecular complexity index is 492. The van der Waals surface area contributed by atoms with Gasteiger partial charge in [0.1, 0.15) is 18.0 Å². The maximum Gasteiger partial charge on any atom is 0.155 e. The van der Waals surface area contributed by atoms with Gasteiger partial charge in [0.25, 0.3) is 0 Å². The smallest absolute Gasteiger partial charge is 0.155 e. The lowest BCUT2D eigenvalue weighted by Gasteiger charge is -2.13. The Hall–Kier alpha value is -1.78. The highest BCUT2D eigenvalue weighted by molar-refractivity contribution is 5.22. The van der Waals surface area contributed by atoms with E-state index in [2.05, 4.69) is 28.9 Å². The highest BCUT2D eigenvalue weighted by Gasteiger charge is 2.16. The number of hydrogen-bond donors (Lipinski definition) is 0. The highest BCUT2D eigenvalue weighted by Crippen LogP contribution is 2.23. The molecule has 0 N–H and O–H groups in total. The third-order valence-electron chi connectivity index (χ3n) is 3.00. The Labute approximate surface area is 106 Å². The van der Waals surface area contributed by atoms with E-state index in [0.717, 1.165) is 25.1 Å². The summed E-state index contributed by atoms with van der Waals surface area (Å²) in [6.07, 6.45) is 5.90. The van der Waals surface area contributed by atoms with Crippen LogP contribution in [0.15, 0.2) is 24.7 Å². The number of rotatable bonds is 5. The SMILES string of the molecule is CCCC(CC)c1ncnn1-c1ccc(F)cn1. The van der Waals surface area contributed by atoms with Gasteiger partial charge in [-0.3, -0.25) is 0 Å². The maximum absolute atomic E-state index is 12.9. The summed E-state index contributed by atoms with van der Waals surface area (Å²) in [5, 5.41) is 4.19. The van der Waals surface area contributed by atoms with Crippen molar-refractivity contribution in [3.63, 3.8) is 0 Å². The average Bonchev–Trinajstić information content (AvgIpc) is 2.86. The van der Waals surface area contributed by atoms with E-state index >= 15 is 0 Å². The van der Waals surface area contributed by atoms with E-state index in [1.54, 1.807) is 10.7 Å². The van der Waals surface area contributed by atoms with E-state index in [4.69, 9.17) is 0 Å². The van der Waals surface area contributed by atoms with Crippen LogP contribution in [0.4, 0.5) is 4.39 Å². The Morgan fingerprint density at radius 3 is 2.72 bits per heavy atom. The summed E-state index contributed by atoms with van der Waals surface area (Å²) < 4.78 is 14.6. The minimum Gasteiger partial charge on any atom is -0.234 e. The molecule has 96 valence electrons. The van der Waals surface area contributed by atoms with Crippen molar-refractivity contribution in [1.82, 2.24) is 19.7 Å². The molecule has 0 amide bonds. The van der Waals surface area contributed by atoms with Crippen LogP contribution in [0.3, 0.4) is 0 Å². The third kappa shape index (κ3) is 2.55. The van der Waals surface area contributed by atoms with Gasteiger partial charge >= 0.3 is 0 Å². The van der Waals surface area contributed by atoms with Gasteiger partial charge in [0, 0.05) is 5.92 Å². The molecule has 0 aliphatic carbocycles. The standard InChI is InChI=1S/C13H17FN4/c1-3-5-10(4-2)13-16-9-17-18(13)12-7-6-11(14)8-15-12/h6-10H,3-5H2,1-2H3. The van der Waals surface area contributed by atoms with Gasteiger partial charge in [0.05, 0.1) is 6.20 Å². The number of halogens is 1. The molecule has 2 aromatic rings. The van der Waals surface area contributed by atoms with Crippen LogP contribution in [0.5, 0.6) is 0 Å². The second-order valence-corrected chi connectivity index (χ2v) is 4.26. The Morgan fingerprint density at radius 2 is 2.11 bits per heavy atom. The molecule has 0 radical (unpaired) electrons. The minimum absolute atomic E-state index is 0.346. The Balaban J connectivity index is 2.34. The molecule has 0 aliphatic heterocycles. The lowest BCUT2D eigenvalue weighted by molar-refractivity contribution is 0.545. The van der Waals surface area contributed by atoms with Gasteiger partial charge in [0.15, 0.2) is 5.82 Å². The molecule has 0 saturated heterocycles. The fourth-order valence-corrected chi connectivity index (χ4v) is 2.06. The van der Waals surface area contributed by atoms with E-state index in [1.165, 1.54) is 18.6 Å². The maximum atomic E-state index is 12.9. The van der Waals surface area contributed by atoms with Crippen molar-refractivity contribution >= 4 is 0 Å². The van der Waals surface area contributed by atoms with Gasteiger partial charge in [-0.15, -0.1) is 0 Å². The molecule has 0 bridgehead atoms. The fraction of sp³-hybridized carbons (Fsp3) is 0.462. The predicted octanol–water partition coefficient (Wildman–Crippen LogP) is 3.10. The average molecular weight is 248 g/mol. The van der Waals surface area contributed by atoms with Crippen LogP contribution in [-0.2, 0) is 0 Å². The number of nitrogens with zero attached hydrogens (tertiary/aromatic N) is 4. The topological polar surface area (TPSA) is 43.6 Å². The summed E-state index contributed by atoms with van der Waals surface area (Å²) in [6, 6.07) is 3.00. The number of hydrogen-bond acceptors (Lipinski definition) is 3. The molecule has 0 fully saturated rings. The first-order chi connectivity index (χ1) is 8.76. The first-order valence-electron chi connectivity index (χ1n) is 6.28. The van der Waals surface area contributed by atoms with Gasteiger partial charge in [-0.05, 0) is 25.0 Å². The number of aromatic nitrogens is 4. The molecule has 18 heavy (non-hydrogen) atoms. The van der Waals surface area contributed by atoms with Crippen LogP contribution in [0.1, 0.15) is 44.9 Å². The van der Waals surface area contributed by atoms with Crippen LogP contribution in [0.2, 0.25) is 0 Å².